The third-order valence-electron chi connectivity index (χ3n) is 2.75. The molecule has 2 atom stereocenters. The predicted molar refractivity (Wildman–Crippen MR) is 52.2 cm³/mol. The molecule has 1 aromatic rings. The third kappa shape index (κ3) is 1.60. The Morgan fingerprint density at radius 1 is 1.15 bits per heavy atom. The maximum atomic E-state index is 9.80. The monoisotopic (exact) mass is 177 g/mol. The molecule has 0 spiro atoms. The lowest BCUT2D eigenvalue weighted by molar-refractivity contribution is 0.166. The first-order valence-corrected chi connectivity index (χ1v) is 4.81. The van der Waals surface area contributed by atoms with Crippen molar-refractivity contribution in [2.45, 2.75) is 31.4 Å². The Morgan fingerprint density at radius 3 is 2.62 bits per heavy atom. The average molecular weight is 177 g/mol. The van der Waals surface area contributed by atoms with Gasteiger partial charge in [0.2, 0.25) is 0 Å². The van der Waals surface area contributed by atoms with Crippen LogP contribution in [0.15, 0.2) is 24.3 Å². The molecule has 2 heteroatoms. The van der Waals surface area contributed by atoms with Crippen molar-refractivity contribution in [3.63, 3.8) is 0 Å². The quantitative estimate of drug-likeness (QED) is 0.594. The highest BCUT2D eigenvalue weighted by atomic mass is 16.3. The van der Waals surface area contributed by atoms with Crippen LogP contribution in [0.4, 0.5) is 0 Å². The maximum absolute atomic E-state index is 9.80. The highest BCUT2D eigenvalue weighted by molar-refractivity contribution is 5.32. The van der Waals surface area contributed by atoms with Crippen LogP contribution in [0, 0.1) is 0 Å². The predicted octanol–water partition coefficient (Wildman–Crippen LogP) is 1.90. The van der Waals surface area contributed by atoms with Gasteiger partial charge < -0.3 is 10.8 Å². The maximum Gasteiger partial charge on any atom is 0.0793 e. The third-order valence-corrected chi connectivity index (χ3v) is 2.75. The summed E-state index contributed by atoms with van der Waals surface area (Å²) in [5.41, 5.74) is 8.14. The van der Waals surface area contributed by atoms with E-state index in [0.717, 1.165) is 30.4 Å². The molecule has 0 amide bonds. The molecule has 0 unspecified atom stereocenters. The smallest absolute Gasteiger partial charge is 0.0793 e. The van der Waals surface area contributed by atoms with E-state index in [1.165, 1.54) is 0 Å². The lowest BCUT2D eigenvalue weighted by Crippen LogP contribution is -2.10. The second-order valence-corrected chi connectivity index (χ2v) is 3.68. The highest BCUT2D eigenvalue weighted by Gasteiger charge is 2.20. The van der Waals surface area contributed by atoms with Crippen LogP contribution in [-0.4, -0.2) is 5.11 Å². The van der Waals surface area contributed by atoms with Crippen LogP contribution in [-0.2, 0) is 0 Å². The van der Waals surface area contributed by atoms with Gasteiger partial charge in [-0.25, -0.2) is 0 Å². The number of aliphatic hydroxyl groups excluding tert-OH is 1. The molecule has 2 nitrogen and oxygen atoms in total. The number of benzene rings is 1. The molecule has 2 rings (SSSR count). The average Bonchev–Trinajstić information content (AvgIpc) is 2.29. The summed E-state index contributed by atoms with van der Waals surface area (Å²) in [5, 5.41) is 9.80. The van der Waals surface area contributed by atoms with E-state index in [1.54, 1.807) is 0 Å². The van der Waals surface area contributed by atoms with E-state index in [-0.39, 0.29) is 12.1 Å². The van der Waals surface area contributed by atoms with Gasteiger partial charge in [0.05, 0.1) is 6.10 Å². The summed E-state index contributed by atoms with van der Waals surface area (Å²) in [6, 6.07) is 8.05. The molecule has 1 aliphatic rings. The Balaban J connectivity index is 2.45. The Morgan fingerprint density at radius 2 is 1.85 bits per heavy atom. The molecule has 0 aromatic heterocycles. The molecule has 1 aromatic carbocycles. The number of hydrogen-bond donors (Lipinski definition) is 2. The fourth-order valence-electron chi connectivity index (χ4n) is 1.99. The minimum absolute atomic E-state index is 0.105. The van der Waals surface area contributed by atoms with Crippen LogP contribution < -0.4 is 5.73 Å². The Hall–Kier alpha value is -0.860. The first-order chi connectivity index (χ1) is 6.29. The molecule has 0 aliphatic heterocycles. The van der Waals surface area contributed by atoms with Gasteiger partial charge in [-0.15, -0.1) is 0 Å². The summed E-state index contributed by atoms with van der Waals surface area (Å²) in [4.78, 5) is 0. The lowest BCUT2D eigenvalue weighted by atomic mass is 9.99. The van der Waals surface area contributed by atoms with Gasteiger partial charge in [-0.3, -0.25) is 0 Å². The number of fused-ring (bicyclic) bond motifs is 1. The van der Waals surface area contributed by atoms with Crippen LogP contribution >= 0.6 is 0 Å². The van der Waals surface area contributed by atoms with Crippen LogP contribution in [0.25, 0.3) is 0 Å². The first-order valence-electron chi connectivity index (χ1n) is 4.81. The molecule has 0 saturated heterocycles. The van der Waals surface area contributed by atoms with Crippen molar-refractivity contribution >= 4 is 0 Å². The lowest BCUT2D eigenvalue weighted by Gasteiger charge is -2.13. The number of aliphatic hydroxyl groups is 1. The van der Waals surface area contributed by atoms with E-state index in [1.807, 2.05) is 24.3 Å². The Kier molecular flexibility index (Phi) is 2.34. The molecule has 0 bridgehead atoms. The van der Waals surface area contributed by atoms with Crippen molar-refractivity contribution in [3.8, 4) is 0 Å². The fourth-order valence-corrected chi connectivity index (χ4v) is 1.99. The van der Waals surface area contributed by atoms with Gasteiger partial charge in [0, 0.05) is 6.04 Å². The van der Waals surface area contributed by atoms with Crippen molar-refractivity contribution in [1.82, 2.24) is 0 Å². The van der Waals surface area contributed by atoms with E-state index in [2.05, 4.69) is 0 Å². The molecule has 70 valence electrons. The number of nitrogens with two attached hydrogens (primary N) is 1. The second kappa shape index (κ2) is 3.48. The van der Waals surface area contributed by atoms with Gasteiger partial charge in [0.1, 0.15) is 0 Å². The molecule has 1 aliphatic carbocycles. The first kappa shape index (κ1) is 8.73. The van der Waals surface area contributed by atoms with Crippen LogP contribution in [0.5, 0.6) is 0 Å². The van der Waals surface area contributed by atoms with Gasteiger partial charge in [0.15, 0.2) is 0 Å². The molecule has 13 heavy (non-hydrogen) atoms. The van der Waals surface area contributed by atoms with Gasteiger partial charge in [-0.1, -0.05) is 24.3 Å². The normalized spacial score (nSPS) is 27.8. The van der Waals surface area contributed by atoms with Crippen LogP contribution in [0.2, 0.25) is 0 Å². The molecular weight excluding hydrogens is 162 g/mol. The summed E-state index contributed by atoms with van der Waals surface area (Å²) in [6.07, 6.45) is 2.51. The molecule has 3 N–H and O–H groups in total. The topological polar surface area (TPSA) is 46.2 Å². The van der Waals surface area contributed by atoms with Gasteiger partial charge in [0.25, 0.3) is 0 Å². The van der Waals surface area contributed by atoms with Crippen molar-refractivity contribution in [2.24, 2.45) is 5.73 Å². The molecular formula is C11H15NO. The van der Waals surface area contributed by atoms with Gasteiger partial charge in [-0.05, 0) is 30.4 Å². The van der Waals surface area contributed by atoms with Gasteiger partial charge in [-0.2, -0.15) is 0 Å². The summed E-state index contributed by atoms with van der Waals surface area (Å²) in [5.74, 6) is 0. The van der Waals surface area contributed by atoms with E-state index in [4.69, 9.17) is 5.73 Å². The van der Waals surface area contributed by atoms with Crippen LogP contribution in [0.1, 0.15) is 42.5 Å². The molecule has 0 heterocycles. The Labute approximate surface area is 78.4 Å². The molecule has 0 saturated carbocycles. The van der Waals surface area contributed by atoms with E-state index in [9.17, 15) is 5.11 Å². The molecule has 0 fully saturated rings. The van der Waals surface area contributed by atoms with Crippen molar-refractivity contribution in [3.05, 3.63) is 35.4 Å². The number of hydrogen-bond acceptors (Lipinski definition) is 2. The fraction of sp³-hybridized carbons (Fsp3) is 0.455. The minimum atomic E-state index is -0.315. The van der Waals surface area contributed by atoms with E-state index >= 15 is 0 Å². The zero-order valence-electron chi connectivity index (χ0n) is 7.61. The van der Waals surface area contributed by atoms with Crippen molar-refractivity contribution in [2.75, 3.05) is 0 Å². The summed E-state index contributed by atoms with van der Waals surface area (Å²) < 4.78 is 0. The van der Waals surface area contributed by atoms with Crippen molar-refractivity contribution in [1.29, 1.82) is 0 Å². The standard InChI is InChI=1S/C11H15NO/c12-10-6-3-7-11(13)9-5-2-1-4-8(9)10/h1-2,4-5,10-11,13H,3,6-7,12H2/t10-,11-/m1/s1. The summed E-state index contributed by atoms with van der Waals surface area (Å²) in [6.45, 7) is 0. The SMILES string of the molecule is N[C@@H]1CCC[C@@H](O)c2ccccc21. The zero-order chi connectivity index (χ0) is 9.26. The van der Waals surface area contributed by atoms with E-state index < -0.39 is 0 Å². The minimum Gasteiger partial charge on any atom is -0.388 e. The molecule has 0 radical (unpaired) electrons. The summed E-state index contributed by atoms with van der Waals surface area (Å²) in [7, 11) is 0. The Bertz CT molecular complexity index is 269. The van der Waals surface area contributed by atoms with Crippen LogP contribution in [0.3, 0.4) is 0 Å². The number of rotatable bonds is 0. The highest BCUT2D eigenvalue weighted by Crippen LogP contribution is 2.32. The largest absolute Gasteiger partial charge is 0.388 e. The summed E-state index contributed by atoms with van der Waals surface area (Å²) >= 11 is 0. The van der Waals surface area contributed by atoms with Crippen molar-refractivity contribution < 1.29 is 5.11 Å². The van der Waals surface area contributed by atoms with E-state index in [0.29, 0.717) is 0 Å². The zero-order valence-corrected chi connectivity index (χ0v) is 7.61. The second-order valence-electron chi connectivity index (χ2n) is 3.68. The van der Waals surface area contributed by atoms with Gasteiger partial charge >= 0.3 is 0 Å².